The number of rotatable bonds is 2. The molecule has 0 spiro atoms. The SMILES string of the molecule is C[C@]12CC(=O)[C@H]3[C@@H](CC=C4N(Cc5ccc(Cl)cc5)C(=O)CC[C@@]43C)[C@@H]1CC[C@@H]2O. The van der Waals surface area contributed by atoms with Crippen LogP contribution in [0.3, 0.4) is 0 Å². The van der Waals surface area contributed by atoms with Crippen LogP contribution in [0.15, 0.2) is 36.0 Å². The maximum atomic E-state index is 13.5. The van der Waals surface area contributed by atoms with Crippen molar-refractivity contribution in [3.63, 3.8) is 0 Å². The van der Waals surface area contributed by atoms with E-state index in [1.165, 1.54) is 0 Å². The van der Waals surface area contributed by atoms with Crippen LogP contribution >= 0.6 is 11.6 Å². The van der Waals surface area contributed by atoms with Crippen molar-refractivity contribution in [3.8, 4) is 0 Å². The summed E-state index contributed by atoms with van der Waals surface area (Å²) in [5.74, 6) is 1.02. The lowest BCUT2D eigenvalue weighted by Crippen LogP contribution is -2.57. The predicted molar refractivity (Wildman–Crippen MR) is 115 cm³/mol. The van der Waals surface area contributed by atoms with Crippen LogP contribution in [0.5, 0.6) is 0 Å². The number of halogens is 1. The Bertz CT molecular complexity index is 925. The minimum absolute atomic E-state index is 0.0540. The van der Waals surface area contributed by atoms with Gasteiger partial charge >= 0.3 is 0 Å². The molecule has 3 fully saturated rings. The lowest BCUT2D eigenvalue weighted by Gasteiger charge is -2.57. The van der Waals surface area contributed by atoms with Gasteiger partial charge in [-0.25, -0.2) is 0 Å². The van der Waals surface area contributed by atoms with Gasteiger partial charge in [-0.1, -0.05) is 43.7 Å². The number of hydrogen-bond donors (Lipinski definition) is 1. The minimum Gasteiger partial charge on any atom is -0.393 e. The van der Waals surface area contributed by atoms with Crippen molar-refractivity contribution in [1.82, 2.24) is 4.90 Å². The number of aliphatic hydroxyl groups excluding tert-OH is 1. The van der Waals surface area contributed by atoms with Gasteiger partial charge in [-0.3, -0.25) is 9.59 Å². The topological polar surface area (TPSA) is 57.6 Å². The fourth-order valence-corrected chi connectivity index (χ4v) is 7.33. The number of carbonyl (C=O) groups excluding carboxylic acids is 2. The monoisotopic (exact) mass is 427 g/mol. The van der Waals surface area contributed by atoms with Crippen molar-refractivity contribution in [1.29, 1.82) is 0 Å². The number of aliphatic hydroxyl groups is 1. The molecule has 5 rings (SSSR count). The molecule has 5 heteroatoms. The molecule has 1 N–H and O–H groups in total. The second-order valence-corrected chi connectivity index (χ2v) is 10.8. The highest BCUT2D eigenvalue weighted by Gasteiger charge is 2.62. The Hall–Kier alpha value is -1.65. The van der Waals surface area contributed by atoms with Crippen molar-refractivity contribution < 1.29 is 14.7 Å². The molecule has 4 nitrogen and oxygen atoms in total. The Morgan fingerprint density at radius 1 is 1.17 bits per heavy atom. The first-order chi connectivity index (χ1) is 14.2. The van der Waals surface area contributed by atoms with E-state index in [1.54, 1.807) is 0 Å². The van der Waals surface area contributed by atoms with E-state index in [2.05, 4.69) is 19.9 Å². The Balaban J connectivity index is 1.51. The number of likely N-dealkylation sites (tertiary alicyclic amines) is 1. The van der Waals surface area contributed by atoms with E-state index in [-0.39, 0.29) is 40.5 Å². The summed E-state index contributed by atoms with van der Waals surface area (Å²) >= 11 is 6.03. The van der Waals surface area contributed by atoms with Crippen LogP contribution < -0.4 is 0 Å². The molecule has 3 aliphatic carbocycles. The Kier molecular flexibility index (Phi) is 4.68. The molecule has 0 aromatic heterocycles. The molecule has 1 aliphatic heterocycles. The molecule has 30 heavy (non-hydrogen) atoms. The van der Waals surface area contributed by atoms with E-state index in [9.17, 15) is 14.7 Å². The average Bonchev–Trinajstić information content (AvgIpc) is 3.00. The van der Waals surface area contributed by atoms with Gasteiger partial charge in [0.25, 0.3) is 0 Å². The Labute approximate surface area is 183 Å². The van der Waals surface area contributed by atoms with E-state index in [0.717, 1.165) is 36.9 Å². The van der Waals surface area contributed by atoms with Crippen molar-refractivity contribution in [2.45, 2.75) is 65.0 Å². The molecular weight excluding hydrogens is 398 g/mol. The standard InChI is InChI=1S/C25H30ClNO3/c1-24-12-11-22(30)27(14-15-3-5-16(26)6-4-15)20(24)9-7-17-18-8-10-21(29)25(18,2)13-19(28)23(17)24/h3-6,9,17-18,21,23,29H,7-8,10-14H2,1-2H3/t17-,18-,21-,23+,24-,25-/m0/s1. The van der Waals surface area contributed by atoms with Crippen LogP contribution in [0.4, 0.5) is 0 Å². The van der Waals surface area contributed by atoms with Crippen LogP contribution in [-0.4, -0.2) is 27.8 Å². The summed E-state index contributed by atoms with van der Waals surface area (Å²) in [4.78, 5) is 28.3. The van der Waals surface area contributed by atoms with Gasteiger partial charge in [0.05, 0.1) is 12.6 Å². The zero-order valence-corrected chi connectivity index (χ0v) is 18.5. The number of nitrogens with zero attached hydrogens (tertiary/aromatic N) is 1. The lowest BCUT2D eigenvalue weighted by atomic mass is 9.49. The van der Waals surface area contributed by atoms with Gasteiger partial charge in [-0.2, -0.15) is 0 Å². The van der Waals surface area contributed by atoms with Gasteiger partial charge in [-0.05, 0) is 55.2 Å². The fraction of sp³-hybridized carbons (Fsp3) is 0.600. The van der Waals surface area contributed by atoms with Crippen molar-refractivity contribution in [3.05, 3.63) is 46.6 Å². The molecule has 1 aromatic carbocycles. The molecule has 0 radical (unpaired) electrons. The van der Waals surface area contributed by atoms with E-state index in [4.69, 9.17) is 11.6 Å². The van der Waals surface area contributed by atoms with E-state index < -0.39 is 0 Å². The average molecular weight is 428 g/mol. The number of allylic oxidation sites excluding steroid dienone is 2. The van der Waals surface area contributed by atoms with Crippen LogP contribution in [-0.2, 0) is 16.1 Å². The smallest absolute Gasteiger partial charge is 0.227 e. The number of Topliss-reactive ketones (excluding diaryl/α,β-unsaturated/α-hetero) is 1. The van der Waals surface area contributed by atoms with Gasteiger partial charge in [0.1, 0.15) is 5.78 Å². The lowest BCUT2D eigenvalue weighted by molar-refractivity contribution is -0.152. The molecule has 1 amide bonds. The summed E-state index contributed by atoms with van der Waals surface area (Å²) in [6, 6.07) is 7.63. The van der Waals surface area contributed by atoms with Crippen LogP contribution in [0, 0.1) is 28.6 Å². The van der Waals surface area contributed by atoms with E-state index >= 15 is 0 Å². The quantitative estimate of drug-likeness (QED) is 0.741. The number of fused-ring (bicyclic) bond motifs is 5. The van der Waals surface area contributed by atoms with Crippen LogP contribution in [0.25, 0.3) is 0 Å². The third-order valence-corrected chi connectivity index (χ3v) is 9.02. The molecule has 0 bridgehead atoms. The number of amides is 1. The van der Waals surface area contributed by atoms with Crippen molar-refractivity contribution in [2.75, 3.05) is 0 Å². The predicted octanol–water partition coefficient (Wildman–Crippen LogP) is 4.74. The number of ketones is 1. The second kappa shape index (κ2) is 6.93. The Morgan fingerprint density at radius 3 is 2.63 bits per heavy atom. The van der Waals surface area contributed by atoms with Crippen LogP contribution in [0.2, 0.25) is 5.02 Å². The van der Waals surface area contributed by atoms with Gasteiger partial charge in [0, 0.05) is 40.3 Å². The number of hydrogen-bond acceptors (Lipinski definition) is 3. The van der Waals surface area contributed by atoms with Crippen molar-refractivity contribution in [2.24, 2.45) is 28.6 Å². The molecule has 1 aromatic rings. The minimum atomic E-state index is -0.375. The van der Waals surface area contributed by atoms with Gasteiger partial charge in [0.15, 0.2) is 0 Å². The molecule has 1 heterocycles. The molecular formula is C25H30ClNO3. The first-order valence-electron chi connectivity index (χ1n) is 11.2. The summed E-state index contributed by atoms with van der Waals surface area (Å²) in [5, 5.41) is 11.3. The summed E-state index contributed by atoms with van der Waals surface area (Å²) in [5.41, 5.74) is 1.48. The number of piperidine rings is 1. The van der Waals surface area contributed by atoms with Crippen molar-refractivity contribution >= 4 is 23.3 Å². The number of benzene rings is 1. The normalized spacial score (nSPS) is 40.5. The first kappa shape index (κ1) is 20.3. The van der Waals surface area contributed by atoms with E-state index in [0.29, 0.717) is 30.3 Å². The van der Waals surface area contributed by atoms with Gasteiger partial charge in [-0.15, -0.1) is 0 Å². The van der Waals surface area contributed by atoms with E-state index in [1.807, 2.05) is 29.2 Å². The summed E-state index contributed by atoms with van der Waals surface area (Å²) in [6.45, 7) is 4.83. The van der Waals surface area contributed by atoms with Gasteiger partial charge in [0.2, 0.25) is 5.91 Å². The molecule has 4 aliphatic rings. The largest absolute Gasteiger partial charge is 0.393 e. The molecule has 2 saturated carbocycles. The van der Waals surface area contributed by atoms with Gasteiger partial charge < -0.3 is 10.0 Å². The Morgan fingerprint density at radius 2 is 1.90 bits per heavy atom. The third kappa shape index (κ3) is 2.83. The maximum absolute atomic E-state index is 13.5. The second-order valence-electron chi connectivity index (χ2n) is 10.3. The highest BCUT2D eigenvalue weighted by atomic mass is 35.5. The van der Waals surface area contributed by atoms with Crippen LogP contribution in [0.1, 0.15) is 57.9 Å². The fourth-order valence-electron chi connectivity index (χ4n) is 7.20. The molecule has 6 atom stereocenters. The zero-order chi connectivity index (χ0) is 21.3. The molecule has 1 saturated heterocycles. The first-order valence-corrected chi connectivity index (χ1v) is 11.6. The maximum Gasteiger partial charge on any atom is 0.227 e. The summed E-state index contributed by atoms with van der Waals surface area (Å²) in [7, 11) is 0. The third-order valence-electron chi connectivity index (χ3n) is 8.77. The highest BCUT2D eigenvalue weighted by Crippen LogP contribution is 2.63. The zero-order valence-electron chi connectivity index (χ0n) is 17.7. The highest BCUT2D eigenvalue weighted by molar-refractivity contribution is 6.30. The molecule has 0 unspecified atom stereocenters. The summed E-state index contributed by atoms with van der Waals surface area (Å²) in [6.07, 6.45) is 6.14. The summed E-state index contributed by atoms with van der Waals surface area (Å²) < 4.78 is 0. The molecule has 160 valence electrons. The number of carbonyl (C=O) groups is 2.